The quantitative estimate of drug-likeness (QED) is 0.870. The van der Waals surface area contributed by atoms with Crippen LogP contribution in [0.1, 0.15) is 12.5 Å². The van der Waals surface area contributed by atoms with E-state index in [1.165, 1.54) is 23.1 Å². The summed E-state index contributed by atoms with van der Waals surface area (Å²) in [7, 11) is 1.82. The van der Waals surface area contributed by atoms with Crippen LogP contribution >= 0.6 is 23.1 Å². The van der Waals surface area contributed by atoms with Gasteiger partial charge in [-0.05, 0) is 18.4 Å². The zero-order valence-corrected chi connectivity index (χ0v) is 12.0. The second-order valence-corrected chi connectivity index (χ2v) is 5.97. The van der Waals surface area contributed by atoms with Gasteiger partial charge in [-0.1, -0.05) is 11.8 Å². The molecular formula is C11H11N5OS2. The van der Waals surface area contributed by atoms with E-state index < -0.39 is 0 Å². The molecule has 0 spiro atoms. The Morgan fingerprint density at radius 1 is 1.68 bits per heavy atom. The number of aryl methyl sites for hydroxylation is 1. The Morgan fingerprint density at radius 2 is 2.47 bits per heavy atom. The molecular weight excluding hydrogens is 282 g/mol. The normalized spacial score (nSPS) is 11.8. The van der Waals surface area contributed by atoms with Crippen molar-refractivity contribution in [1.82, 2.24) is 14.8 Å². The molecule has 2 heterocycles. The summed E-state index contributed by atoms with van der Waals surface area (Å²) in [6.07, 6.45) is 1.58. The number of carbonyl (C=O) groups excluding carboxylic acids is 1. The van der Waals surface area contributed by atoms with Gasteiger partial charge in [-0.3, -0.25) is 4.79 Å². The maximum Gasteiger partial charge on any atom is 0.238 e. The lowest BCUT2D eigenvalue weighted by molar-refractivity contribution is -0.115. The van der Waals surface area contributed by atoms with Crippen LogP contribution in [0.5, 0.6) is 0 Å². The number of rotatable bonds is 4. The molecule has 98 valence electrons. The number of carbonyl (C=O) groups is 1. The van der Waals surface area contributed by atoms with Gasteiger partial charge in [-0.25, -0.2) is 0 Å². The van der Waals surface area contributed by atoms with Crippen LogP contribution in [-0.4, -0.2) is 25.9 Å². The molecule has 0 aliphatic heterocycles. The van der Waals surface area contributed by atoms with E-state index >= 15 is 0 Å². The highest BCUT2D eigenvalue weighted by Gasteiger charge is 2.18. The van der Waals surface area contributed by atoms with Gasteiger partial charge in [0.15, 0.2) is 5.16 Å². The highest BCUT2D eigenvalue weighted by molar-refractivity contribution is 8.00. The Balaban J connectivity index is 2.01. The molecule has 0 saturated carbocycles. The van der Waals surface area contributed by atoms with Gasteiger partial charge in [0.25, 0.3) is 0 Å². The van der Waals surface area contributed by atoms with E-state index in [1.807, 2.05) is 13.1 Å². The first-order valence-corrected chi connectivity index (χ1v) is 7.17. The van der Waals surface area contributed by atoms with E-state index in [1.54, 1.807) is 29.3 Å². The van der Waals surface area contributed by atoms with Gasteiger partial charge < -0.3 is 9.88 Å². The lowest BCUT2D eigenvalue weighted by Crippen LogP contribution is -2.22. The van der Waals surface area contributed by atoms with Gasteiger partial charge in [-0.15, -0.1) is 21.5 Å². The van der Waals surface area contributed by atoms with Crippen LogP contribution in [0, 0.1) is 11.3 Å². The number of aromatic nitrogens is 3. The Kier molecular flexibility index (Phi) is 4.19. The predicted molar refractivity (Wildman–Crippen MR) is 74.0 cm³/mol. The summed E-state index contributed by atoms with van der Waals surface area (Å²) in [6.45, 7) is 1.79. The van der Waals surface area contributed by atoms with Crippen molar-refractivity contribution >= 4 is 34.0 Å². The summed E-state index contributed by atoms with van der Waals surface area (Å²) in [6, 6.07) is 3.72. The summed E-state index contributed by atoms with van der Waals surface area (Å²) in [5, 5.41) is 22.0. The van der Waals surface area contributed by atoms with Gasteiger partial charge in [0.1, 0.15) is 17.4 Å². The number of thioether (sulfide) groups is 1. The van der Waals surface area contributed by atoms with Crippen LogP contribution < -0.4 is 5.32 Å². The fraction of sp³-hybridized carbons (Fsp3) is 0.273. The minimum atomic E-state index is -0.323. The molecule has 0 saturated heterocycles. The summed E-state index contributed by atoms with van der Waals surface area (Å²) in [5.74, 6) is -0.160. The molecule has 1 atom stereocenters. The van der Waals surface area contributed by atoms with Crippen molar-refractivity contribution in [3.63, 3.8) is 0 Å². The average molecular weight is 293 g/mol. The van der Waals surface area contributed by atoms with E-state index in [2.05, 4.69) is 15.5 Å². The van der Waals surface area contributed by atoms with Gasteiger partial charge >= 0.3 is 0 Å². The third-order valence-corrected chi connectivity index (χ3v) is 4.32. The second-order valence-electron chi connectivity index (χ2n) is 3.75. The lowest BCUT2D eigenvalue weighted by Gasteiger charge is -2.10. The molecule has 2 aromatic rings. The van der Waals surface area contributed by atoms with Gasteiger partial charge in [-0.2, -0.15) is 5.26 Å². The summed E-state index contributed by atoms with van der Waals surface area (Å²) >= 11 is 2.65. The van der Waals surface area contributed by atoms with Crippen LogP contribution in [0.25, 0.3) is 0 Å². The molecule has 1 unspecified atom stereocenters. The lowest BCUT2D eigenvalue weighted by atomic mass is 10.3. The smallest absolute Gasteiger partial charge is 0.238 e. The first-order chi connectivity index (χ1) is 9.11. The first-order valence-electron chi connectivity index (χ1n) is 5.41. The van der Waals surface area contributed by atoms with Crippen LogP contribution in [0.2, 0.25) is 0 Å². The van der Waals surface area contributed by atoms with Crippen molar-refractivity contribution in [2.45, 2.75) is 17.3 Å². The van der Waals surface area contributed by atoms with Gasteiger partial charge in [0, 0.05) is 7.05 Å². The molecule has 2 aromatic heterocycles. The average Bonchev–Trinajstić information content (AvgIpc) is 2.99. The van der Waals surface area contributed by atoms with E-state index in [0.29, 0.717) is 15.7 Å². The van der Waals surface area contributed by atoms with Crippen LogP contribution in [-0.2, 0) is 11.8 Å². The maximum absolute atomic E-state index is 12.0. The highest BCUT2D eigenvalue weighted by Crippen LogP contribution is 2.25. The predicted octanol–water partition coefficient (Wildman–Crippen LogP) is 1.87. The molecule has 0 aliphatic rings. The van der Waals surface area contributed by atoms with Crippen molar-refractivity contribution < 1.29 is 4.79 Å². The van der Waals surface area contributed by atoms with E-state index in [4.69, 9.17) is 5.26 Å². The van der Waals surface area contributed by atoms with Crippen molar-refractivity contribution in [3.05, 3.63) is 23.3 Å². The molecule has 0 fully saturated rings. The van der Waals surface area contributed by atoms with Gasteiger partial charge in [0.2, 0.25) is 5.91 Å². The second kappa shape index (κ2) is 5.86. The Morgan fingerprint density at radius 3 is 3.11 bits per heavy atom. The summed E-state index contributed by atoms with van der Waals surface area (Å²) in [5.41, 5.74) is 0.481. The zero-order chi connectivity index (χ0) is 13.8. The number of hydrogen-bond acceptors (Lipinski definition) is 6. The fourth-order valence-electron chi connectivity index (χ4n) is 1.30. The van der Waals surface area contributed by atoms with E-state index in [-0.39, 0.29) is 11.2 Å². The minimum Gasteiger partial charge on any atom is -0.316 e. The highest BCUT2D eigenvalue weighted by atomic mass is 32.2. The SMILES string of the molecule is CC(Sc1nncn1C)C(=O)Nc1sccc1C#N. The molecule has 0 bridgehead atoms. The molecule has 0 radical (unpaired) electrons. The molecule has 6 nitrogen and oxygen atoms in total. The Hall–Kier alpha value is -1.85. The zero-order valence-electron chi connectivity index (χ0n) is 10.3. The molecule has 2 rings (SSSR count). The molecule has 0 aliphatic carbocycles. The van der Waals surface area contributed by atoms with Crippen LogP contribution in [0.4, 0.5) is 5.00 Å². The van der Waals surface area contributed by atoms with Crippen molar-refractivity contribution in [2.24, 2.45) is 7.05 Å². The first kappa shape index (κ1) is 13.6. The topological polar surface area (TPSA) is 83.6 Å². The number of nitrogens with one attached hydrogen (secondary N) is 1. The number of anilines is 1. The summed E-state index contributed by atoms with van der Waals surface area (Å²) < 4.78 is 1.75. The molecule has 19 heavy (non-hydrogen) atoms. The minimum absolute atomic E-state index is 0.160. The third-order valence-electron chi connectivity index (χ3n) is 2.34. The number of hydrogen-bond donors (Lipinski definition) is 1. The van der Waals surface area contributed by atoms with Gasteiger partial charge in [0.05, 0.1) is 10.8 Å². The Bertz CT molecular complexity index is 627. The van der Waals surface area contributed by atoms with E-state index in [0.717, 1.165) is 0 Å². The van der Waals surface area contributed by atoms with Crippen LogP contribution in [0.15, 0.2) is 22.9 Å². The van der Waals surface area contributed by atoms with E-state index in [9.17, 15) is 4.79 Å². The van der Waals surface area contributed by atoms with Crippen molar-refractivity contribution in [3.8, 4) is 6.07 Å². The molecule has 1 amide bonds. The fourth-order valence-corrected chi connectivity index (χ4v) is 2.83. The Labute approximate surface area is 118 Å². The number of nitrogens with zero attached hydrogens (tertiary/aromatic N) is 4. The third kappa shape index (κ3) is 3.13. The molecule has 8 heteroatoms. The van der Waals surface area contributed by atoms with Crippen LogP contribution in [0.3, 0.4) is 0 Å². The largest absolute Gasteiger partial charge is 0.316 e. The maximum atomic E-state index is 12.0. The number of nitriles is 1. The summed E-state index contributed by atoms with van der Waals surface area (Å²) in [4.78, 5) is 12.0. The molecule has 0 aromatic carbocycles. The number of thiophene rings is 1. The molecule has 1 N–H and O–H groups in total. The standard InChI is InChI=1S/C11H11N5OS2/c1-7(19-11-15-13-6-16(11)2)9(17)14-10-8(5-12)3-4-18-10/h3-4,6-7H,1-2H3,(H,14,17). The van der Waals surface area contributed by atoms with Crippen molar-refractivity contribution in [1.29, 1.82) is 5.26 Å². The van der Waals surface area contributed by atoms with Crippen molar-refractivity contribution in [2.75, 3.05) is 5.32 Å². The monoisotopic (exact) mass is 293 g/mol. The number of amides is 1.